The topological polar surface area (TPSA) is 9.23 Å². The summed E-state index contributed by atoms with van der Waals surface area (Å²) in [6.45, 7) is 2.02. The van der Waals surface area contributed by atoms with Gasteiger partial charge in [0.1, 0.15) is 5.75 Å². The molecular weight excluding hydrogens is 172 g/mol. The van der Waals surface area contributed by atoms with Gasteiger partial charge in [-0.05, 0) is 37.5 Å². The zero-order valence-corrected chi connectivity index (χ0v) is 7.77. The molecule has 0 amide bonds. The van der Waals surface area contributed by atoms with E-state index in [1.54, 1.807) is 0 Å². The summed E-state index contributed by atoms with van der Waals surface area (Å²) in [4.78, 5) is 0. The third-order valence-corrected chi connectivity index (χ3v) is 2.20. The number of ether oxygens (including phenoxy) is 1. The van der Waals surface area contributed by atoms with Crippen LogP contribution in [0.4, 0.5) is 0 Å². The van der Waals surface area contributed by atoms with Gasteiger partial charge in [0.15, 0.2) is 0 Å². The van der Waals surface area contributed by atoms with Crippen LogP contribution in [0.5, 0.6) is 5.75 Å². The molecule has 0 aliphatic heterocycles. The van der Waals surface area contributed by atoms with Crippen LogP contribution in [0.1, 0.15) is 18.4 Å². The first kappa shape index (κ1) is 7.93. The molecule has 0 aromatic heterocycles. The summed E-state index contributed by atoms with van der Waals surface area (Å²) in [6, 6.07) is 5.89. The van der Waals surface area contributed by atoms with Gasteiger partial charge in [-0.1, -0.05) is 17.7 Å². The van der Waals surface area contributed by atoms with Crippen molar-refractivity contribution in [1.29, 1.82) is 0 Å². The maximum Gasteiger partial charge on any atom is 0.138 e. The number of rotatable bonds is 2. The first-order chi connectivity index (χ1) is 5.75. The van der Waals surface area contributed by atoms with E-state index in [0.29, 0.717) is 6.10 Å². The highest BCUT2D eigenvalue weighted by Crippen LogP contribution is 2.32. The lowest BCUT2D eigenvalue weighted by atomic mass is 10.2. The molecule has 0 heterocycles. The van der Waals surface area contributed by atoms with Crippen LogP contribution in [0.3, 0.4) is 0 Å². The van der Waals surface area contributed by atoms with E-state index in [4.69, 9.17) is 16.3 Å². The minimum atomic E-state index is 0.421. The predicted molar refractivity (Wildman–Crippen MR) is 49.8 cm³/mol. The van der Waals surface area contributed by atoms with E-state index in [2.05, 4.69) is 0 Å². The van der Waals surface area contributed by atoms with Crippen molar-refractivity contribution in [2.45, 2.75) is 25.9 Å². The fourth-order valence-electron chi connectivity index (χ4n) is 1.07. The Balaban J connectivity index is 2.18. The van der Waals surface area contributed by atoms with Crippen molar-refractivity contribution in [3.63, 3.8) is 0 Å². The number of aryl methyl sites for hydroxylation is 1. The van der Waals surface area contributed by atoms with Crippen LogP contribution in [0.15, 0.2) is 18.2 Å². The van der Waals surface area contributed by atoms with Gasteiger partial charge in [-0.3, -0.25) is 0 Å². The first-order valence-corrected chi connectivity index (χ1v) is 4.56. The molecule has 0 atom stereocenters. The largest absolute Gasteiger partial charge is 0.489 e. The molecule has 0 saturated heterocycles. The second kappa shape index (κ2) is 2.98. The molecular formula is C10H11ClO. The van der Waals surface area contributed by atoms with Gasteiger partial charge in [-0.25, -0.2) is 0 Å². The normalized spacial score (nSPS) is 16.2. The average Bonchev–Trinajstić information content (AvgIpc) is 2.79. The van der Waals surface area contributed by atoms with Crippen LogP contribution in [0, 0.1) is 6.92 Å². The van der Waals surface area contributed by atoms with Gasteiger partial charge in [-0.15, -0.1) is 0 Å². The molecule has 1 fully saturated rings. The average molecular weight is 183 g/mol. The van der Waals surface area contributed by atoms with Crippen molar-refractivity contribution in [1.82, 2.24) is 0 Å². The van der Waals surface area contributed by atoms with Gasteiger partial charge < -0.3 is 4.74 Å². The molecule has 0 bridgehead atoms. The van der Waals surface area contributed by atoms with Crippen molar-refractivity contribution < 1.29 is 4.74 Å². The number of benzene rings is 1. The molecule has 0 radical (unpaired) electrons. The van der Waals surface area contributed by atoms with Crippen LogP contribution in [-0.2, 0) is 0 Å². The second-order valence-electron chi connectivity index (χ2n) is 3.25. The van der Waals surface area contributed by atoms with Gasteiger partial charge in [0.05, 0.1) is 11.1 Å². The number of halogens is 1. The summed E-state index contributed by atoms with van der Waals surface area (Å²) in [7, 11) is 0. The van der Waals surface area contributed by atoms with Crippen molar-refractivity contribution in [3.05, 3.63) is 28.8 Å². The summed E-state index contributed by atoms with van der Waals surface area (Å²) in [5.74, 6) is 0.824. The monoisotopic (exact) mass is 182 g/mol. The molecule has 1 aromatic rings. The van der Waals surface area contributed by atoms with Crippen LogP contribution >= 0.6 is 11.6 Å². The Kier molecular flexibility index (Phi) is 1.97. The van der Waals surface area contributed by atoms with E-state index in [-0.39, 0.29) is 0 Å². The maximum absolute atomic E-state index is 5.98. The van der Waals surface area contributed by atoms with E-state index >= 15 is 0 Å². The highest BCUT2D eigenvalue weighted by Gasteiger charge is 2.24. The van der Waals surface area contributed by atoms with Gasteiger partial charge in [0, 0.05) is 0 Å². The van der Waals surface area contributed by atoms with E-state index in [1.807, 2.05) is 25.1 Å². The third kappa shape index (κ3) is 1.72. The smallest absolute Gasteiger partial charge is 0.138 e. The maximum atomic E-state index is 5.98. The second-order valence-corrected chi connectivity index (χ2v) is 3.66. The zero-order chi connectivity index (χ0) is 8.55. The molecule has 12 heavy (non-hydrogen) atoms. The Morgan fingerprint density at radius 1 is 1.42 bits per heavy atom. The predicted octanol–water partition coefficient (Wildman–Crippen LogP) is 3.19. The molecule has 2 rings (SSSR count). The lowest BCUT2D eigenvalue weighted by molar-refractivity contribution is 0.303. The van der Waals surface area contributed by atoms with Crippen molar-refractivity contribution in [3.8, 4) is 5.75 Å². The highest BCUT2D eigenvalue weighted by molar-refractivity contribution is 6.32. The standard InChI is InChI=1S/C10H11ClO/c1-7-2-5-10(9(11)6-7)12-8-3-4-8/h2,5-6,8H,3-4H2,1H3. The fourth-order valence-corrected chi connectivity index (χ4v) is 1.35. The molecule has 0 unspecified atom stereocenters. The molecule has 1 aliphatic carbocycles. The van der Waals surface area contributed by atoms with Gasteiger partial charge in [-0.2, -0.15) is 0 Å². The van der Waals surface area contributed by atoms with E-state index in [9.17, 15) is 0 Å². The van der Waals surface area contributed by atoms with E-state index in [1.165, 1.54) is 18.4 Å². The molecule has 1 aliphatic rings. The van der Waals surface area contributed by atoms with Gasteiger partial charge >= 0.3 is 0 Å². The Hall–Kier alpha value is -0.690. The minimum absolute atomic E-state index is 0.421. The highest BCUT2D eigenvalue weighted by atomic mass is 35.5. The quantitative estimate of drug-likeness (QED) is 0.683. The van der Waals surface area contributed by atoms with Crippen molar-refractivity contribution in [2.24, 2.45) is 0 Å². The van der Waals surface area contributed by atoms with Crippen molar-refractivity contribution >= 4 is 11.6 Å². The third-order valence-electron chi connectivity index (χ3n) is 1.91. The number of hydrogen-bond donors (Lipinski definition) is 0. The Morgan fingerprint density at radius 3 is 2.75 bits per heavy atom. The molecule has 0 N–H and O–H groups in total. The summed E-state index contributed by atoms with van der Waals surface area (Å²) < 4.78 is 5.58. The molecule has 1 aromatic carbocycles. The molecule has 64 valence electrons. The Morgan fingerprint density at radius 2 is 2.17 bits per heavy atom. The summed E-state index contributed by atoms with van der Waals surface area (Å²) in [5.41, 5.74) is 1.17. The summed E-state index contributed by atoms with van der Waals surface area (Å²) in [5, 5.41) is 0.724. The fraction of sp³-hybridized carbons (Fsp3) is 0.400. The lowest BCUT2D eigenvalue weighted by Crippen LogP contribution is -1.96. The Bertz CT molecular complexity index is 292. The van der Waals surface area contributed by atoms with Crippen LogP contribution < -0.4 is 4.74 Å². The number of hydrogen-bond acceptors (Lipinski definition) is 1. The lowest BCUT2D eigenvalue weighted by Gasteiger charge is -2.06. The van der Waals surface area contributed by atoms with Crippen LogP contribution in [0.2, 0.25) is 5.02 Å². The van der Waals surface area contributed by atoms with Crippen LogP contribution in [0.25, 0.3) is 0 Å². The van der Waals surface area contributed by atoms with Gasteiger partial charge in [0.25, 0.3) is 0 Å². The SMILES string of the molecule is Cc1ccc(OC2CC2)c(Cl)c1. The molecule has 2 heteroatoms. The summed E-state index contributed by atoms with van der Waals surface area (Å²) in [6.07, 6.45) is 2.76. The molecule has 1 nitrogen and oxygen atoms in total. The van der Waals surface area contributed by atoms with Crippen LogP contribution in [-0.4, -0.2) is 6.10 Å². The molecule has 0 spiro atoms. The zero-order valence-electron chi connectivity index (χ0n) is 7.01. The minimum Gasteiger partial charge on any atom is -0.489 e. The first-order valence-electron chi connectivity index (χ1n) is 4.18. The molecule has 1 saturated carbocycles. The summed E-state index contributed by atoms with van der Waals surface area (Å²) >= 11 is 5.98. The van der Waals surface area contributed by atoms with E-state index in [0.717, 1.165) is 10.8 Å². The Labute approximate surface area is 77.3 Å². The van der Waals surface area contributed by atoms with Gasteiger partial charge in [0.2, 0.25) is 0 Å². The van der Waals surface area contributed by atoms with E-state index < -0.39 is 0 Å². The van der Waals surface area contributed by atoms with Crippen molar-refractivity contribution in [2.75, 3.05) is 0 Å².